The number of aromatic hydroxyl groups is 1. The van der Waals surface area contributed by atoms with Gasteiger partial charge in [0.2, 0.25) is 5.89 Å². The van der Waals surface area contributed by atoms with Crippen LogP contribution in [0.5, 0.6) is 5.75 Å². The van der Waals surface area contributed by atoms with E-state index in [-0.39, 0.29) is 27.5 Å². The molecule has 0 aliphatic rings. The first-order valence-electron chi connectivity index (χ1n) is 18.9. The molecule has 0 saturated heterocycles. The molecule has 402 valence electrons. The van der Waals surface area contributed by atoms with Crippen molar-refractivity contribution < 1.29 is 13.9 Å². The summed E-state index contributed by atoms with van der Waals surface area (Å²) in [5.74, 6) is 0.633. The molecule has 0 atom stereocenters. The van der Waals surface area contributed by atoms with E-state index in [0.29, 0.717) is 11.6 Å². The highest BCUT2D eigenvalue weighted by molar-refractivity contribution is 8.80. The number of nitrogens with zero attached hydrogens (tertiary/aromatic N) is 1. The maximum absolute atomic E-state index is 13.2. The number of hydrogen-bond acceptors (Lipinski definition) is 5. The zero-order valence-electron chi connectivity index (χ0n) is 38.9. The molecule has 1 heterocycles. The highest BCUT2D eigenvalue weighted by Crippen LogP contribution is 2.37. The fourth-order valence-corrected chi connectivity index (χ4v) is 81.4. The van der Waals surface area contributed by atoms with E-state index in [4.69, 9.17) is 26.8 Å². The number of oxazole rings is 1. The first kappa shape index (κ1) is 71.0. The predicted octanol–water partition coefficient (Wildman–Crippen LogP) is 10.1. The normalized spacial score (nSPS) is 10.5. The molecule has 36 heteroatoms. The Labute approximate surface area is 513 Å². The van der Waals surface area contributed by atoms with Crippen LogP contribution in [0, 0.1) is 5.82 Å². The Kier molecular flexibility index (Phi) is 40.2. The lowest BCUT2D eigenvalue weighted by Gasteiger charge is -2.25. The highest BCUT2D eigenvalue weighted by Gasteiger charge is 2.25. The van der Waals surface area contributed by atoms with Gasteiger partial charge >= 0.3 is 0 Å². The molecule has 0 radical (unpaired) electrons. The van der Waals surface area contributed by atoms with Gasteiger partial charge in [-0.3, -0.25) is 0 Å². The van der Waals surface area contributed by atoms with Crippen LogP contribution in [0.1, 0.15) is 105 Å². The Bertz CT molecular complexity index is 3790. The van der Waals surface area contributed by atoms with Gasteiger partial charge in [0, 0.05) is 300 Å². The summed E-state index contributed by atoms with van der Waals surface area (Å²) in [6, 6.07) is 16.5. The van der Waals surface area contributed by atoms with Gasteiger partial charge in [-0.15, -0.1) is 0 Å². The topological polar surface area (TPSA) is 46.3 Å². The van der Waals surface area contributed by atoms with Gasteiger partial charge in [-0.05, 0) is 80.8 Å². The Morgan fingerprint density at radius 2 is 0.704 bits per heavy atom. The third-order valence-corrected chi connectivity index (χ3v) is 72.2. The van der Waals surface area contributed by atoms with E-state index in [1.54, 1.807) is 119 Å². The molecule has 1 aromatic heterocycles. The molecule has 3 nitrogen and oxygen atoms in total. The molecule has 0 unspecified atom stereocenters. The summed E-state index contributed by atoms with van der Waals surface area (Å²) in [6.45, 7) is 26.1. The second-order valence-corrected chi connectivity index (χ2v) is 69.8. The van der Waals surface area contributed by atoms with Crippen LogP contribution in [-0.4, -0.2) is 10.1 Å². The largest absolute Gasteiger partial charge is 0.508 e. The van der Waals surface area contributed by atoms with Crippen molar-refractivity contribution in [2.75, 3.05) is 0 Å². The number of phenols is 1. The van der Waals surface area contributed by atoms with Gasteiger partial charge in [-0.25, -0.2) is 9.37 Å². The fourth-order valence-electron chi connectivity index (χ4n) is 4.53. The van der Waals surface area contributed by atoms with Crippen LogP contribution in [0.4, 0.5) is 4.39 Å². The molecule has 0 fully saturated rings. The van der Waals surface area contributed by atoms with Crippen molar-refractivity contribution in [3.8, 4) is 17.2 Å². The lowest BCUT2D eigenvalue weighted by Crippen LogP contribution is -2.16. The molecule has 4 rings (SSSR count). The molecule has 0 aliphatic heterocycles. The minimum absolute atomic E-state index is 0.0309. The SMILES string of the molecule is CC(C)(C)c1cc(C(C)(C)C)c2oc(-c3ccc(F)cc3)nc2c1.CC(C)(C)c1cc(O)cc(C(C)(C)C)c1.S=S=S=S=S=S=S=S=S=S=S=S=S=S=S=S=S=S=S=S=S=S=S=S=S=S=S=S=S=S=S=S. The molecule has 1 N–H and O–H groups in total. The van der Waals surface area contributed by atoms with Crippen LogP contribution < -0.4 is 0 Å². The quantitative estimate of drug-likeness (QED) is 0.206. The van der Waals surface area contributed by atoms with Gasteiger partial charge in [0.25, 0.3) is 0 Å². The third-order valence-electron chi connectivity index (χ3n) is 7.71. The van der Waals surface area contributed by atoms with Crippen LogP contribution in [0.2, 0.25) is 0 Å². The van der Waals surface area contributed by atoms with E-state index in [2.05, 4.69) is 106 Å². The minimum atomic E-state index is -0.264. The molecular formula is C35H46FNO2S32. The predicted molar refractivity (Wildman–Crippen MR) is 398 cm³/mol. The molecule has 0 bridgehead atoms. The molecule has 4 aromatic rings. The Hall–Kier alpha value is 3.90. The van der Waals surface area contributed by atoms with Crippen LogP contribution in [0.3, 0.4) is 0 Å². The van der Waals surface area contributed by atoms with Gasteiger partial charge in [0.05, 0.1) is 0 Å². The van der Waals surface area contributed by atoms with Crippen molar-refractivity contribution in [2.24, 2.45) is 0 Å². The summed E-state index contributed by atoms with van der Waals surface area (Å²) in [4.78, 5) is 4.67. The van der Waals surface area contributed by atoms with Crippen LogP contribution >= 0.6 is 0 Å². The second kappa shape index (κ2) is 40.2. The molecule has 3 aromatic carbocycles. The average molecular weight is 1560 g/mol. The van der Waals surface area contributed by atoms with Crippen LogP contribution in [0.25, 0.3) is 22.6 Å². The molecule has 0 saturated carbocycles. The molecular weight excluding hydrogens is 1510 g/mol. The van der Waals surface area contributed by atoms with Gasteiger partial charge < -0.3 is 9.52 Å². The van der Waals surface area contributed by atoms with Gasteiger partial charge in [-0.2, -0.15) is 0 Å². The molecule has 0 amide bonds. The van der Waals surface area contributed by atoms with Crippen LogP contribution in [0.15, 0.2) is 59.0 Å². The van der Waals surface area contributed by atoms with Crippen molar-refractivity contribution in [3.05, 3.63) is 82.7 Å². The summed E-state index contributed by atoms with van der Waals surface area (Å²) in [7, 11) is 52.8. The van der Waals surface area contributed by atoms with E-state index in [0.717, 1.165) is 22.2 Å². The smallest absolute Gasteiger partial charge is 0.227 e. The number of hydrogen-bond donors (Lipinski definition) is 1. The van der Waals surface area contributed by atoms with E-state index in [1.807, 2.05) is 154 Å². The molecule has 71 heavy (non-hydrogen) atoms. The third kappa shape index (κ3) is 33.4. The zero-order valence-corrected chi connectivity index (χ0v) is 65.1. The Morgan fingerprint density at radius 3 is 0.986 bits per heavy atom. The minimum Gasteiger partial charge on any atom is -0.508 e. The second-order valence-electron chi connectivity index (χ2n) is 16.7. The zero-order chi connectivity index (χ0) is 52.8. The standard InChI is InChI=1S/C21H24FNO.C14H22O.S32/c1-20(2,3)14-11-16(21(4,5)6)18-17(12-14)23-19(24-18)13-7-9-15(22)10-8-13;1-13(2,3)10-7-11(14(4,5)6)9-12(15)8-10;1-3-5-7-9-11-13-15-17-19-21-23-25-27-29-31-32-30-28-26-24-22-20-18-16-14-12-10-8-6-4-2/h7-12H,1-6H3;7-9,15H,1-6H3;. The Morgan fingerprint density at radius 1 is 0.408 bits per heavy atom. The maximum Gasteiger partial charge on any atom is 0.227 e. The van der Waals surface area contributed by atoms with Crippen molar-refractivity contribution >= 4 is 300 Å². The number of phenolic OH excluding ortho intramolecular Hbond substituents is 1. The maximum atomic E-state index is 13.2. The Balaban J connectivity index is 0.000000388. The average Bonchev–Trinajstić information content (AvgIpc) is 3.73. The summed E-state index contributed by atoms with van der Waals surface area (Å²) in [5.41, 5.74) is 7.34. The number of halogens is 1. The number of aromatic nitrogens is 1. The van der Waals surface area contributed by atoms with Crippen molar-refractivity contribution in [3.63, 3.8) is 0 Å². The first-order chi connectivity index (χ1) is 33.6. The van der Waals surface area contributed by atoms with Gasteiger partial charge in [0.1, 0.15) is 17.1 Å². The summed E-state index contributed by atoms with van der Waals surface area (Å²) in [6.07, 6.45) is 0. The first-order valence-corrected chi connectivity index (χ1v) is 60.2. The van der Waals surface area contributed by atoms with Crippen LogP contribution in [-0.2, 0) is 310 Å². The summed E-state index contributed by atoms with van der Waals surface area (Å²) < 4.78 is 19.2. The summed E-state index contributed by atoms with van der Waals surface area (Å²) >= 11 is 9.58. The fraction of sp³-hybridized carbons (Fsp3) is 0.457. The van der Waals surface area contributed by atoms with E-state index in [1.165, 1.54) is 46.6 Å². The number of rotatable bonds is 1. The van der Waals surface area contributed by atoms with Gasteiger partial charge in [-0.1, -0.05) is 95.2 Å². The van der Waals surface area contributed by atoms with E-state index < -0.39 is 0 Å². The highest BCUT2D eigenvalue weighted by atomic mass is 33.5. The van der Waals surface area contributed by atoms with E-state index in [9.17, 15) is 9.50 Å². The van der Waals surface area contributed by atoms with Crippen molar-refractivity contribution in [1.29, 1.82) is 0 Å². The van der Waals surface area contributed by atoms with Crippen molar-refractivity contribution in [1.82, 2.24) is 4.98 Å². The monoisotopic (exact) mass is 1550 g/mol. The van der Waals surface area contributed by atoms with Crippen molar-refractivity contribution in [2.45, 2.75) is 105 Å². The number of benzene rings is 3. The lowest BCUT2D eigenvalue weighted by molar-refractivity contribution is 0.466. The van der Waals surface area contributed by atoms with Gasteiger partial charge in [0.15, 0.2) is 5.58 Å². The lowest BCUT2D eigenvalue weighted by atomic mass is 9.80. The van der Waals surface area contributed by atoms with E-state index >= 15 is 0 Å². The molecule has 0 aliphatic carbocycles. The molecule has 0 spiro atoms. The summed E-state index contributed by atoms with van der Waals surface area (Å²) in [5, 5.41) is 9.72. The number of fused-ring (bicyclic) bond motifs is 1.